The van der Waals surface area contributed by atoms with Crippen molar-refractivity contribution in [2.24, 2.45) is 5.73 Å². The summed E-state index contributed by atoms with van der Waals surface area (Å²) in [4.78, 5) is 6.04. The summed E-state index contributed by atoms with van der Waals surface area (Å²) in [5, 5.41) is 0.507. The van der Waals surface area contributed by atoms with Crippen molar-refractivity contribution in [3.8, 4) is 0 Å². The van der Waals surface area contributed by atoms with Crippen LogP contribution in [0.15, 0.2) is 30.7 Å². The minimum Gasteiger partial charge on any atom is -0.386 e. The van der Waals surface area contributed by atoms with Gasteiger partial charge < -0.3 is 10.6 Å². The average molecular weight is 226 g/mol. The Labute approximate surface area is 95.6 Å². The summed E-state index contributed by atoms with van der Waals surface area (Å²) in [5.41, 5.74) is 6.77. The molecule has 0 bridgehead atoms. The molecule has 0 atom stereocenters. The van der Waals surface area contributed by atoms with Gasteiger partial charge in [-0.3, -0.25) is 0 Å². The molecule has 1 aromatic rings. The highest BCUT2D eigenvalue weighted by molar-refractivity contribution is 6.29. The van der Waals surface area contributed by atoms with Crippen LogP contribution >= 0.6 is 11.6 Å². The van der Waals surface area contributed by atoms with Crippen LogP contribution < -0.4 is 5.73 Å². The van der Waals surface area contributed by atoms with Crippen LogP contribution in [0, 0.1) is 0 Å². The predicted octanol–water partition coefficient (Wildman–Crippen LogP) is 2.38. The Morgan fingerprint density at radius 3 is 2.80 bits per heavy atom. The standard InChI is InChI=1S/C11H16ClN3/c1-3-6-15(9(2)13)8-10-4-5-11(12)14-7-10/h4-5,7H,2-3,6,8,13H2,1H3. The van der Waals surface area contributed by atoms with Crippen molar-refractivity contribution in [1.29, 1.82) is 0 Å². The molecule has 4 heteroatoms. The second-order valence-electron chi connectivity index (χ2n) is 3.40. The summed E-state index contributed by atoms with van der Waals surface area (Å²) in [5.74, 6) is 0.590. The molecule has 0 fully saturated rings. The number of nitrogens with two attached hydrogens (primary N) is 1. The smallest absolute Gasteiger partial charge is 0.129 e. The van der Waals surface area contributed by atoms with Gasteiger partial charge in [0.2, 0.25) is 0 Å². The fourth-order valence-electron chi connectivity index (χ4n) is 1.31. The molecule has 0 radical (unpaired) electrons. The van der Waals surface area contributed by atoms with Crippen LogP contribution in [0.5, 0.6) is 0 Å². The first-order valence-corrected chi connectivity index (χ1v) is 5.31. The fraction of sp³-hybridized carbons (Fsp3) is 0.364. The van der Waals surface area contributed by atoms with E-state index in [0.717, 1.165) is 25.1 Å². The maximum atomic E-state index is 5.70. The third-order valence-electron chi connectivity index (χ3n) is 2.06. The van der Waals surface area contributed by atoms with Gasteiger partial charge in [0.05, 0.1) is 5.82 Å². The zero-order valence-electron chi connectivity index (χ0n) is 8.91. The Kier molecular flexibility index (Phi) is 4.43. The van der Waals surface area contributed by atoms with E-state index in [4.69, 9.17) is 17.3 Å². The number of hydrogen-bond acceptors (Lipinski definition) is 3. The van der Waals surface area contributed by atoms with Crippen molar-refractivity contribution < 1.29 is 0 Å². The number of hydrogen-bond donors (Lipinski definition) is 1. The predicted molar refractivity (Wildman–Crippen MR) is 63.3 cm³/mol. The largest absolute Gasteiger partial charge is 0.386 e. The fourth-order valence-corrected chi connectivity index (χ4v) is 1.43. The lowest BCUT2D eigenvalue weighted by Crippen LogP contribution is -2.27. The van der Waals surface area contributed by atoms with E-state index in [0.29, 0.717) is 11.0 Å². The third kappa shape index (κ3) is 3.80. The highest BCUT2D eigenvalue weighted by Gasteiger charge is 2.04. The maximum absolute atomic E-state index is 5.70. The number of pyridine rings is 1. The quantitative estimate of drug-likeness (QED) is 0.783. The molecule has 0 spiro atoms. The first kappa shape index (κ1) is 11.9. The van der Waals surface area contributed by atoms with Crippen molar-refractivity contribution in [2.75, 3.05) is 6.54 Å². The van der Waals surface area contributed by atoms with Gasteiger partial charge in [-0.15, -0.1) is 0 Å². The van der Waals surface area contributed by atoms with E-state index in [1.54, 1.807) is 12.3 Å². The van der Waals surface area contributed by atoms with Crippen molar-refractivity contribution in [3.63, 3.8) is 0 Å². The number of halogens is 1. The molecule has 0 amide bonds. The van der Waals surface area contributed by atoms with Gasteiger partial charge in [-0.25, -0.2) is 4.98 Å². The van der Waals surface area contributed by atoms with Crippen molar-refractivity contribution >= 4 is 11.6 Å². The summed E-state index contributed by atoms with van der Waals surface area (Å²) in [7, 11) is 0. The molecule has 0 aliphatic carbocycles. The maximum Gasteiger partial charge on any atom is 0.129 e. The molecule has 1 rings (SSSR count). The molecule has 0 saturated carbocycles. The van der Waals surface area contributed by atoms with E-state index in [1.165, 1.54) is 0 Å². The average Bonchev–Trinajstić information content (AvgIpc) is 2.20. The summed E-state index contributed by atoms with van der Waals surface area (Å²) < 4.78 is 0. The lowest BCUT2D eigenvalue weighted by molar-refractivity contribution is 0.334. The molecule has 15 heavy (non-hydrogen) atoms. The molecule has 0 unspecified atom stereocenters. The molecule has 82 valence electrons. The SMILES string of the molecule is C=C(N)N(CCC)Cc1ccc(Cl)nc1. The second kappa shape index (κ2) is 5.61. The van der Waals surface area contributed by atoms with Crippen molar-refractivity contribution in [3.05, 3.63) is 41.4 Å². The van der Waals surface area contributed by atoms with E-state index in [9.17, 15) is 0 Å². The molecule has 0 aromatic carbocycles. The van der Waals surface area contributed by atoms with Gasteiger partial charge in [0, 0.05) is 19.3 Å². The summed E-state index contributed by atoms with van der Waals surface area (Å²) in [6.45, 7) is 7.48. The van der Waals surface area contributed by atoms with E-state index in [2.05, 4.69) is 18.5 Å². The van der Waals surface area contributed by atoms with E-state index in [1.807, 2.05) is 11.0 Å². The van der Waals surface area contributed by atoms with E-state index < -0.39 is 0 Å². The summed E-state index contributed by atoms with van der Waals surface area (Å²) in [6.07, 6.45) is 2.80. The molecular formula is C11H16ClN3. The Morgan fingerprint density at radius 2 is 2.33 bits per heavy atom. The van der Waals surface area contributed by atoms with Crippen LogP contribution in [0.3, 0.4) is 0 Å². The first-order chi connectivity index (χ1) is 7.13. The third-order valence-corrected chi connectivity index (χ3v) is 2.29. The van der Waals surface area contributed by atoms with Gasteiger partial charge in [0.1, 0.15) is 5.15 Å². The Morgan fingerprint density at radius 1 is 1.60 bits per heavy atom. The summed E-state index contributed by atoms with van der Waals surface area (Å²) >= 11 is 5.70. The van der Waals surface area contributed by atoms with Gasteiger partial charge in [0.25, 0.3) is 0 Å². The van der Waals surface area contributed by atoms with Crippen LogP contribution in [0.2, 0.25) is 5.15 Å². The number of aromatic nitrogens is 1. The summed E-state index contributed by atoms with van der Waals surface area (Å²) in [6, 6.07) is 3.72. The molecule has 1 heterocycles. The van der Waals surface area contributed by atoms with Crippen LogP contribution in [0.25, 0.3) is 0 Å². The monoisotopic (exact) mass is 225 g/mol. The van der Waals surface area contributed by atoms with Gasteiger partial charge >= 0.3 is 0 Å². The Bertz CT molecular complexity index is 321. The lowest BCUT2D eigenvalue weighted by atomic mass is 10.2. The highest BCUT2D eigenvalue weighted by Crippen LogP contribution is 2.09. The van der Waals surface area contributed by atoms with Gasteiger partial charge in [-0.1, -0.05) is 31.2 Å². The molecule has 1 aromatic heterocycles. The van der Waals surface area contributed by atoms with Crippen molar-refractivity contribution in [1.82, 2.24) is 9.88 Å². The van der Waals surface area contributed by atoms with Gasteiger partial charge in [-0.2, -0.15) is 0 Å². The van der Waals surface area contributed by atoms with Crippen LogP contribution in [0.4, 0.5) is 0 Å². The molecule has 3 nitrogen and oxygen atoms in total. The molecule has 0 aliphatic heterocycles. The molecule has 0 saturated heterocycles. The van der Waals surface area contributed by atoms with Crippen LogP contribution in [0.1, 0.15) is 18.9 Å². The number of nitrogens with zero attached hydrogens (tertiary/aromatic N) is 2. The van der Waals surface area contributed by atoms with E-state index >= 15 is 0 Å². The Hall–Kier alpha value is -1.22. The minimum atomic E-state index is 0.507. The topological polar surface area (TPSA) is 42.1 Å². The number of rotatable bonds is 5. The lowest BCUT2D eigenvalue weighted by Gasteiger charge is -2.23. The van der Waals surface area contributed by atoms with Crippen molar-refractivity contribution in [2.45, 2.75) is 19.9 Å². The molecular weight excluding hydrogens is 210 g/mol. The van der Waals surface area contributed by atoms with Gasteiger partial charge in [-0.05, 0) is 18.1 Å². The second-order valence-corrected chi connectivity index (χ2v) is 3.79. The zero-order chi connectivity index (χ0) is 11.3. The van der Waals surface area contributed by atoms with Gasteiger partial charge in [0.15, 0.2) is 0 Å². The minimum absolute atomic E-state index is 0.507. The molecule has 2 N–H and O–H groups in total. The highest BCUT2D eigenvalue weighted by atomic mass is 35.5. The first-order valence-electron chi connectivity index (χ1n) is 4.93. The van der Waals surface area contributed by atoms with Crippen LogP contribution in [-0.4, -0.2) is 16.4 Å². The van der Waals surface area contributed by atoms with E-state index in [-0.39, 0.29) is 0 Å². The normalized spacial score (nSPS) is 10.0. The Balaban J connectivity index is 2.65. The molecule has 0 aliphatic rings. The zero-order valence-corrected chi connectivity index (χ0v) is 9.67. The van der Waals surface area contributed by atoms with Crippen LogP contribution in [-0.2, 0) is 6.54 Å².